The van der Waals surface area contributed by atoms with E-state index in [-0.39, 0.29) is 18.2 Å². The summed E-state index contributed by atoms with van der Waals surface area (Å²) in [7, 11) is 1.41. The number of methoxy groups -OCH3 is 1. The molecule has 9 heteroatoms. The lowest BCUT2D eigenvalue weighted by Crippen LogP contribution is -2.29. The van der Waals surface area contributed by atoms with Gasteiger partial charge in [-0.15, -0.1) is 25.6 Å². The van der Waals surface area contributed by atoms with Crippen molar-refractivity contribution in [3.05, 3.63) is 30.6 Å². The van der Waals surface area contributed by atoms with Gasteiger partial charge in [0.15, 0.2) is 0 Å². The molecule has 1 fully saturated rings. The van der Waals surface area contributed by atoms with Crippen molar-refractivity contribution in [3.63, 3.8) is 0 Å². The molecule has 1 aliphatic rings. The standard InChI is InChI=1S/C16H18F3N3O2.ClH/c1-23-15-8-13(24-16(17,18)19)2-3-14(15)11-9-21-22(10-11)12-4-6-20-7-5-12;/h2-3,8-10,12,20H,4-7H2,1H3;1H. The van der Waals surface area contributed by atoms with Gasteiger partial charge in [-0.3, -0.25) is 4.68 Å². The molecule has 2 heterocycles. The summed E-state index contributed by atoms with van der Waals surface area (Å²) in [5.74, 6) is -0.00421. The van der Waals surface area contributed by atoms with Gasteiger partial charge >= 0.3 is 6.36 Å². The van der Waals surface area contributed by atoms with E-state index in [0.717, 1.165) is 31.5 Å². The Morgan fingerprint density at radius 2 is 1.96 bits per heavy atom. The minimum absolute atomic E-state index is 0. The topological polar surface area (TPSA) is 48.3 Å². The maximum atomic E-state index is 12.3. The van der Waals surface area contributed by atoms with Crippen molar-refractivity contribution in [2.24, 2.45) is 0 Å². The second kappa shape index (κ2) is 7.97. The van der Waals surface area contributed by atoms with Gasteiger partial charge in [0, 0.05) is 23.4 Å². The number of rotatable bonds is 4. The third kappa shape index (κ3) is 4.79. The fraction of sp³-hybridized carbons (Fsp3) is 0.438. The molecule has 0 saturated carbocycles. The Hall–Kier alpha value is -1.93. The highest BCUT2D eigenvalue weighted by molar-refractivity contribution is 5.85. The van der Waals surface area contributed by atoms with Crippen LogP contribution in [-0.4, -0.2) is 36.3 Å². The summed E-state index contributed by atoms with van der Waals surface area (Å²) in [6.45, 7) is 1.90. The van der Waals surface area contributed by atoms with Gasteiger partial charge in [-0.05, 0) is 38.1 Å². The molecule has 1 N–H and O–H groups in total. The van der Waals surface area contributed by atoms with Crippen LogP contribution in [0.4, 0.5) is 13.2 Å². The second-order valence-electron chi connectivity index (χ2n) is 5.60. The predicted molar refractivity (Wildman–Crippen MR) is 89.3 cm³/mol. The molecule has 0 atom stereocenters. The summed E-state index contributed by atoms with van der Waals surface area (Å²) in [6.07, 6.45) is 0.863. The molecule has 0 aliphatic carbocycles. The van der Waals surface area contributed by atoms with Crippen molar-refractivity contribution < 1.29 is 22.6 Å². The Morgan fingerprint density at radius 1 is 1.24 bits per heavy atom. The zero-order valence-corrected chi connectivity index (χ0v) is 14.4. The molecule has 138 valence electrons. The number of hydrogen-bond donors (Lipinski definition) is 1. The summed E-state index contributed by atoms with van der Waals surface area (Å²) in [6, 6.07) is 4.38. The van der Waals surface area contributed by atoms with Crippen molar-refractivity contribution in [1.29, 1.82) is 0 Å². The van der Waals surface area contributed by atoms with E-state index in [0.29, 0.717) is 17.4 Å². The van der Waals surface area contributed by atoms with Gasteiger partial charge in [-0.2, -0.15) is 5.10 Å². The van der Waals surface area contributed by atoms with Crippen LogP contribution < -0.4 is 14.8 Å². The molecule has 2 aromatic rings. The Labute approximate surface area is 149 Å². The number of aromatic nitrogens is 2. The molecule has 1 aromatic heterocycles. The Balaban J connectivity index is 0.00000225. The first-order valence-electron chi connectivity index (χ1n) is 7.65. The molecular formula is C16H19ClF3N3O2. The first-order chi connectivity index (χ1) is 11.5. The molecule has 0 spiro atoms. The van der Waals surface area contributed by atoms with E-state index in [1.165, 1.54) is 19.2 Å². The van der Waals surface area contributed by atoms with E-state index in [1.807, 2.05) is 10.9 Å². The smallest absolute Gasteiger partial charge is 0.496 e. The number of hydrogen-bond acceptors (Lipinski definition) is 4. The first kappa shape index (κ1) is 19.4. The van der Waals surface area contributed by atoms with Gasteiger partial charge in [-0.25, -0.2) is 0 Å². The number of nitrogens with one attached hydrogen (secondary N) is 1. The van der Waals surface area contributed by atoms with Gasteiger partial charge in [0.25, 0.3) is 0 Å². The largest absolute Gasteiger partial charge is 0.573 e. The minimum Gasteiger partial charge on any atom is -0.496 e. The predicted octanol–water partition coefficient (Wildman–Crippen LogP) is 3.80. The van der Waals surface area contributed by atoms with Gasteiger partial charge < -0.3 is 14.8 Å². The van der Waals surface area contributed by atoms with Crippen LogP contribution in [0.2, 0.25) is 0 Å². The highest BCUT2D eigenvalue weighted by atomic mass is 35.5. The van der Waals surface area contributed by atoms with Gasteiger partial charge in [0.1, 0.15) is 11.5 Å². The van der Waals surface area contributed by atoms with Crippen LogP contribution >= 0.6 is 12.4 Å². The van der Waals surface area contributed by atoms with Crippen molar-refractivity contribution in [2.45, 2.75) is 25.2 Å². The lowest BCUT2D eigenvalue weighted by atomic mass is 10.1. The van der Waals surface area contributed by atoms with Crippen molar-refractivity contribution in [3.8, 4) is 22.6 Å². The van der Waals surface area contributed by atoms with E-state index in [1.54, 1.807) is 12.3 Å². The normalized spacial score (nSPS) is 15.5. The first-order valence-corrected chi connectivity index (χ1v) is 7.65. The van der Waals surface area contributed by atoms with E-state index < -0.39 is 6.36 Å². The van der Waals surface area contributed by atoms with Crippen LogP contribution in [0.5, 0.6) is 11.5 Å². The lowest BCUT2D eigenvalue weighted by molar-refractivity contribution is -0.274. The highest BCUT2D eigenvalue weighted by Crippen LogP contribution is 2.35. The molecule has 5 nitrogen and oxygen atoms in total. The fourth-order valence-corrected chi connectivity index (χ4v) is 2.86. The minimum atomic E-state index is -4.73. The van der Waals surface area contributed by atoms with Crippen molar-refractivity contribution in [1.82, 2.24) is 15.1 Å². The van der Waals surface area contributed by atoms with Crippen molar-refractivity contribution >= 4 is 12.4 Å². The van der Waals surface area contributed by atoms with Crippen LogP contribution in [0.1, 0.15) is 18.9 Å². The number of nitrogens with zero attached hydrogens (tertiary/aromatic N) is 2. The maximum Gasteiger partial charge on any atom is 0.573 e. The van der Waals surface area contributed by atoms with Crippen LogP contribution in [0.3, 0.4) is 0 Å². The van der Waals surface area contributed by atoms with E-state index in [9.17, 15) is 13.2 Å². The summed E-state index contributed by atoms with van der Waals surface area (Å²) < 4.78 is 48.0. The van der Waals surface area contributed by atoms with Gasteiger partial charge in [-0.1, -0.05) is 0 Å². The summed E-state index contributed by atoms with van der Waals surface area (Å²) >= 11 is 0. The molecule has 0 bridgehead atoms. The molecule has 0 amide bonds. The van der Waals surface area contributed by atoms with Crippen molar-refractivity contribution in [2.75, 3.05) is 20.2 Å². The van der Waals surface area contributed by atoms with Crippen LogP contribution in [0.15, 0.2) is 30.6 Å². The summed E-state index contributed by atoms with van der Waals surface area (Å²) in [5.41, 5.74) is 1.47. The lowest BCUT2D eigenvalue weighted by Gasteiger charge is -2.22. The van der Waals surface area contributed by atoms with E-state index >= 15 is 0 Å². The monoisotopic (exact) mass is 377 g/mol. The third-order valence-corrected chi connectivity index (χ3v) is 4.00. The fourth-order valence-electron chi connectivity index (χ4n) is 2.86. The number of halogens is 4. The molecule has 1 aliphatic heterocycles. The Kier molecular flexibility index (Phi) is 6.18. The Morgan fingerprint density at radius 3 is 2.60 bits per heavy atom. The molecule has 0 unspecified atom stereocenters. The molecule has 1 aromatic carbocycles. The molecule has 0 radical (unpaired) electrons. The third-order valence-electron chi connectivity index (χ3n) is 4.00. The number of alkyl halides is 3. The van der Waals surface area contributed by atoms with Crippen LogP contribution in [-0.2, 0) is 0 Å². The molecule has 1 saturated heterocycles. The summed E-state index contributed by atoms with van der Waals surface area (Å²) in [5, 5.41) is 7.69. The average Bonchev–Trinajstić information content (AvgIpc) is 3.04. The zero-order chi connectivity index (χ0) is 17.2. The van der Waals surface area contributed by atoms with E-state index in [2.05, 4.69) is 15.2 Å². The maximum absolute atomic E-state index is 12.3. The average molecular weight is 378 g/mol. The molecular weight excluding hydrogens is 359 g/mol. The summed E-state index contributed by atoms with van der Waals surface area (Å²) in [4.78, 5) is 0. The Bertz CT molecular complexity index is 700. The quantitative estimate of drug-likeness (QED) is 0.880. The highest BCUT2D eigenvalue weighted by Gasteiger charge is 2.31. The second-order valence-corrected chi connectivity index (χ2v) is 5.60. The zero-order valence-electron chi connectivity index (χ0n) is 13.5. The molecule has 25 heavy (non-hydrogen) atoms. The number of ether oxygens (including phenoxy) is 2. The van der Waals surface area contributed by atoms with Crippen LogP contribution in [0.25, 0.3) is 11.1 Å². The number of benzene rings is 1. The van der Waals surface area contributed by atoms with Gasteiger partial charge in [0.05, 0.1) is 19.3 Å². The van der Waals surface area contributed by atoms with E-state index in [4.69, 9.17) is 4.74 Å². The van der Waals surface area contributed by atoms with Crippen LogP contribution in [0, 0.1) is 0 Å². The SMILES string of the molecule is COc1cc(OC(F)(F)F)ccc1-c1cnn(C2CCNCC2)c1.Cl. The number of piperidine rings is 1. The van der Waals surface area contributed by atoms with Gasteiger partial charge in [0.2, 0.25) is 0 Å². The molecule has 3 rings (SSSR count).